The van der Waals surface area contributed by atoms with Gasteiger partial charge in [0, 0.05) is 13.1 Å². The number of halogens is 2. The van der Waals surface area contributed by atoms with Gasteiger partial charge in [0.05, 0.1) is 6.10 Å². The van der Waals surface area contributed by atoms with E-state index in [9.17, 15) is 8.78 Å². The summed E-state index contributed by atoms with van der Waals surface area (Å²) in [6.45, 7) is 6.00. The molecule has 0 aromatic carbocycles. The standard InChI is InChI=1S/C8H15F2NO/c1-3-4-11-5-7(2)12-6-8(9)10/h3,7-8,11H,1,4-6H2,2H3. The second kappa shape index (κ2) is 7.18. The molecule has 0 heterocycles. The minimum Gasteiger partial charge on any atom is -0.371 e. The molecule has 0 aromatic heterocycles. The zero-order valence-electron chi connectivity index (χ0n) is 7.22. The first-order valence-electron chi connectivity index (χ1n) is 3.88. The molecule has 0 aliphatic rings. The van der Waals surface area contributed by atoms with Crippen molar-refractivity contribution in [2.24, 2.45) is 0 Å². The fourth-order valence-electron chi connectivity index (χ4n) is 0.685. The van der Waals surface area contributed by atoms with Crippen molar-refractivity contribution in [3.05, 3.63) is 12.7 Å². The normalized spacial score (nSPS) is 13.3. The van der Waals surface area contributed by atoms with Crippen LogP contribution in [0.1, 0.15) is 6.92 Å². The van der Waals surface area contributed by atoms with Crippen LogP contribution in [0.25, 0.3) is 0 Å². The number of hydrogen-bond donors (Lipinski definition) is 1. The average molecular weight is 179 g/mol. The van der Waals surface area contributed by atoms with E-state index in [1.54, 1.807) is 13.0 Å². The van der Waals surface area contributed by atoms with Crippen molar-refractivity contribution >= 4 is 0 Å². The Kier molecular flexibility index (Phi) is 6.90. The minimum atomic E-state index is -2.38. The van der Waals surface area contributed by atoms with Crippen LogP contribution in [-0.4, -0.2) is 32.2 Å². The summed E-state index contributed by atoms with van der Waals surface area (Å²) in [5.41, 5.74) is 0. The van der Waals surface area contributed by atoms with Crippen molar-refractivity contribution in [1.29, 1.82) is 0 Å². The van der Waals surface area contributed by atoms with E-state index in [4.69, 9.17) is 4.74 Å². The van der Waals surface area contributed by atoms with Gasteiger partial charge in [-0.05, 0) is 6.92 Å². The van der Waals surface area contributed by atoms with Crippen LogP contribution in [0.2, 0.25) is 0 Å². The maximum absolute atomic E-state index is 11.6. The van der Waals surface area contributed by atoms with Gasteiger partial charge in [0.25, 0.3) is 6.43 Å². The lowest BCUT2D eigenvalue weighted by Crippen LogP contribution is -2.28. The van der Waals surface area contributed by atoms with E-state index < -0.39 is 13.0 Å². The maximum atomic E-state index is 11.6. The molecule has 0 radical (unpaired) electrons. The largest absolute Gasteiger partial charge is 0.371 e. The number of rotatable bonds is 7. The first kappa shape index (κ1) is 11.5. The molecule has 0 saturated heterocycles. The van der Waals surface area contributed by atoms with Gasteiger partial charge in [-0.1, -0.05) is 6.08 Å². The first-order chi connectivity index (χ1) is 5.66. The highest BCUT2D eigenvalue weighted by Gasteiger charge is 2.06. The Bertz CT molecular complexity index is 120. The molecule has 0 fully saturated rings. The van der Waals surface area contributed by atoms with E-state index in [0.717, 1.165) is 0 Å². The molecule has 1 unspecified atom stereocenters. The van der Waals surface area contributed by atoms with E-state index >= 15 is 0 Å². The fraction of sp³-hybridized carbons (Fsp3) is 0.750. The molecule has 1 atom stereocenters. The van der Waals surface area contributed by atoms with Gasteiger partial charge < -0.3 is 10.1 Å². The van der Waals surface area contributed by atoms with Gasteiger partial charge in [-0.25, -0.2) is 8.78 Å². The van der Waals surface area contributed by atoms with Gasteiger partial charge in [-0.2, -0.15) is 0 Å². The molecule has 72 valence electrons. The van der Waals surface area contributed by atoms with Crippen molar-refractivity contribution in [2.75, 3.05) is 19.7 Å². The van der Waals surface area contributed by atoms with Crippen LogP contribution in [0.4, 0.5) is 8.78 Å². The average Bonchev–Trinajstić information content (AvgIpc) is 2.01. The van der Waals surface area contributed by atoms with Gasteiger partial charge in [-0.15, -0.1) is 6.58 Å². The third-order valence-electron chi connectivity index (χ3n) is 1.23. The van der Waals surface area contributed by atoms with Crippen LogP contribution >= 0.6 is 0 Å². The lowest BCUT2D eigenvalue weighted by Gasteiger charge is -2.12. The molecule has 0 amide bonds. The molecular formula is C8H15F2NO. The van der Waals surface area contributed by atoms with E-state index in [-0.39, 0.29) is 6.10 Å². The molecule has 0 rings (SSSR count). The first-order valence-corrected chi connectivity index (χ1v) is 3.88. The smallest absolute Gasteiger partial charge is 0.261 e. The number of hydrogen-bond acceptors (Lipinski definition) is 2. The second-order valence-corrected chi connectivity index (χ2v) is 2.48. The highest BCUT2D eigenvalue weighted by molar-refractivity contribution is 4.70. The van der Waals surface area contributed by atoms with Crippen molar-refractivity contribution in [1.82, 2.24) is 5.32 Å². The van der Waals surface area contributed by atoms with Crippen LogP contribution in [0, 0.1) is 0 Å². The fourth-order valence-corrected chi connectivity index (χ4v) is 0.685. The van der Waals surface area contributed by atoms with Gasteiger partial charge >= 0.3 is 0 Å². The Morgan fingerprint density at radius 3 is 2.75 bits per heavy atom. The summed E-state index contributed by atoms with van der Waals surface area (Å²) in [5.74, 6) is 0. The molecule has 0 aliphatic heterocycles. The molecule has 0 spiro atoms. The van der Waals surface area contributed by atoms with Crippen LogP contribution in [0.15, 0.2) is 12.7 Å². The Morgan fingerprint density at radius 2 is 2.25 bits per heavy atom. The van der Waals surface area contributed by atoms with Gasteiger partial charge in [0.15, 0.2) is 0 Å². The van der Waals surface area contributed by atoms with Crippen LogP contribution in [-0.2, 0) is 4.74 Å². The molecule has 12 heavy (non-hydrogen) atoms. The second-order valence-electron chi connectivity index (χ2n) is 2.48. The van der Waals surface area contributed by atoms with Crippen molar-refractivity contribution in [3.63, 3.8) is 0 Å². The zero-order chi connectivity index (χ0) is 9.40. The van der Waals surface area contributed by atoms with Crippen molar-refractivity contribution in [2.45, 2.75) is 19.5 Å². The van der Waals surface area contributed by atoms with Crippen molar-refractivity contribution in [3.8, 4) is 0 Å². The quantitative estimate of drug-likeness (QED) is 0.471. The third-order valence-corrected chi connectivity index (χ3v) is 1.23. The summed E-state index contributed by atoms with van der Waals surface area (Å²) in [6, 6.07) is 0. The Labute approximate surface area is 71.6 Å². The van der Waals surface area contributed by atoms with Crippen LogP contribution in [0.3, 0.4) is 0 Å². The van der Waals surface area contributed by atoms with Crippen molar-refractivity contribution < 1.29 is 13.5 Å². The van der Waals surface area contributed by atoms with Gasteiger partial charge in [0.2, 0.25) is 0 Å². The summed E-state index contributed by atoms with van der Waals surface area (Å²) in [7, 11) is 0. The van der Waals surface area contributed by atoms with E-state index in [1.165, 1.54) is 0 Å². The molecule has 0 aromatic rings. The monoisotopic (exact) mass is 179 g/mol. The van der Waals surface area contributed by atoms with Gasteiger partial charge in [0.1, 0.15) is 6.61 Å². The topological polar surface area (TPSA) is 21.3 Å². The summed E-state index contributed by atoms with van der Waals surface area (Å²) >= 11 is 0. The molecule has 4 heteroatoms. The number of alkyl halides is 2. The molecular weight excluding hydrogens is 164 g/mol. The predicted octanol–water partition coefficient (Wildman–Crippen LogP) is 1.43. The Morgan fingerprint density at radius 1 is 1.58 bits per heavy atom. The summed E-state index contributed by atoms with van der Waals surface area (Å²) in [4.78, 5) is 0. The third kappa shape index (κ3) is 7.63. The number of ether oxygens (including phenoxy) is 1. The molecule has 0 bridgehead atoms. The predicted molar refractivity (Wildman–Crippen MR) is 44.5 cm³/mol. The lowest BCUT2D eigenvalue weighted by molar-refractivity contribution is -0.0161. The summed E-state index contributed by atoms with van der Waals surface area (Å²) in [6.07, 6.45) is -0.856. The number of nitrogens with one attached hydrogen (secondary N) is 1. The Balaban J connectivity index is 3.21. The zero-order valence-corrected chi connectivity index (χ0v) is 7.22. The van der Waals surface area contributed by atoms with E-state index in [0.29, 0.717) is 13.1 Å². The van der Waals surface area contributed by atoms with E-state index in [2.05, 4.69) is 11.9 Å². The minimum absolute atomic E-state index is 0.182. The summed E-state index contributed by atoms with van der Waals surface area (Å²) in [5, 5.41) is 2.97. The lowest BCUT2D eigenvalue weighted by atomic mass is 10.4. The maximum Gasteiger partial charge on any atom is 0.261 e. The Hall–Kier alpha value is -0.480. The molecule has 1 N–H and O–H groups in total. The highest BCUT2D eigenvalue weighted by Crippen LogP contribution is 1.96. The molecule has 0 aliphatic carbocycles. The van der Waals surface area contributed by atoms with Crippen LogP contribution < -0.4 is 5.32 Å². The SMILES string of the molecule is C=CCNCC(C)OCC(F)F. The van der Waals surface area contributed by atoms with Gasteiger partial charge in [-0.3, -0.25) is 0 Å². The summed E-state index contributed by atoms with van der Waals surface area (Å²) < 4.78 is 28.0. The van der Waals surface area contributed by atoms with E-state index in [1.807, 2.05) is 0 Å². The van der Waals surface area contributed by atoms with Crippen LogP contribution in [0.5, 0.6) is 0 Å². The molecule has 0 saturated carbocycles. The highest BCUT2D eigenvalue weighted by atomic mass is 19.3. The molecule has 2 nitrogen and oxygen atoms in total.